The van der Waals surface area contributed by atoms with E-state index >= 15 is 0 Å². The van der Waals surface area contributed by atoms with E-state index in [9.17, 15) is 17.2 Å². The van der Waals surface area contributed by atoms with Gasteiger partial charge in [0.15, 0.2) is 5.01 Å². The first kappa shape index (κ1) is 19.0. The monoisotopic (exact) mass is 422 g/mol. The molecule has 0 spiro atoms. The zero-order valence-electron chi connectivity index (χ0n) is 14.6. The Bertz CT molecular complexity index is 1080. The third-order valence-corrected chi connectivity index (χ3v) is 7.68. The summed E-state index contributed by atoms with van der Waals surface area (Å²) in [7, 11) is -3.56. The zero-order valence-corrected chi connectivity index (χ0v) is 16.3. The summed E-state index contributed by atoms with van der Waals surface area (Å²) in [5, 5.41) is 9.31. The van der Waals surface area contributed by atoms with Gasteiger partial charge in [0.25, 0.3) is 0 Å². The highest BCUT2D eigenvalue weighted by molar-refractivity contribution is 7.89. The Hall–Kier alpha value is -2.30. The van der Waals surface area contributed by atoms with Crippen LogP contribution in [0.15, 0.2) is 47.6 Å². The molecule has 0 radical (unpaired) electrons. The minimum absolute atomic E-state index is 0.0510. The van der Waals surface area contributed by atoms with Crippen molar-refractivity contribution in [1.29, 1.82) is 0 Å². The van der Waals surface area contributed by atoms with E-state index in [1.165, 1.54) is 46.2 Å². The van der Waals surface area contributed by atoms with Crippen molar-refractivity contribution in [2.45, 2.75) is 23.7 Å². The first-order valence-corrected chi connectivity index (χ1v) is 10.9. The van der Waals surface area contributed by atoms with E-state index in [1.54, 1.807) is 6.07 Å². The molecule has 1 aliphatic heterocycles. The van der Waals surface area contributed by atoms with Crippen LogP contribution in [0.1, 0.15) is 23.8 Å². The lowest BCUT2D eigenvalue weighted by Gasteiger charge is -2.29. The van der Waals surface area contributed by atoms with Crippen LogP contribution in [0.4, 0.5) is 8.78 Å². The van der Waals surface area contributed by atoms with E-state index in [2.05, 4.69) is 15.2 Å². The highest BCUT2D eigenvalue weighted by Crippen LogP contribution is 2.35. The van der Waals surface area contributed by atoms with Gasteiger partial charge in [-0.2, -0.15) is 4.31 Å². The van der Waals surface area contributed by atoms with Crippen molar-refractivity contribution in [1.82, 2.24) is 19.5 Å². The van der Waals surface area contributed by atoms with Gasteiger partial charge in [0.1, 0.15) is 21.5 Å². The molecule has 0 amide bonds. The SMILES string of the molecule is O=S(=O)(c1cccnc1)N1CCC(c2nnc(-c3ccc(F)cc3F)s2)CC1. The van der Waals surface area contributed by atoms with Crippen LogP contribution in [-0.4, -0.2) is 41.0 Å². The first-order chi connectivity index (χ1) is 13.4. The van der Waals surface area contributed by atoms with Crippen LogP contribution in [0, 0.1) is 11.6 Å². The molecule has 10 heteroatoms. The van der Waals surface area contributed by atoms with Gasteiger partial charge in [0.05, 0.1) is 0 Å². The number of piperidine rings is 1. The number of rotatable bonds is 4. The number of hydrogen-bond donors (Lipinski definition) is 0. The Labute approximate surface area is 164 Å². The van der Waals surface area contributed by atoms with Gasteiger partial charge in [-0.15, -0.1) is 10.2 Å². The molecule has 0 aliphatic carbocycles. The Kier molecular flexibility index (Phi) is 5.17. The Morgan fingerprint density at radius 2 is 1.89 bits per heavy atom. The first-order valence-electron chi connectivity index (χ1n) is 8.64. The molecular formula is C18H16F2N4O2S2. The number of nitrogens with zero attached hydrogens (tertiary/aromatic N) is 4. The van der Waals surface area contributed by atoms with Crippen LogP contribution in [0.5, 0.6) is 0 Å². The summed E-state index contributed by atoms with van der Waals surface area (Å²) in [6.07, 6.45) is 4.07. The van der Waals surface area contributed by atoms with Crippen LogP contribution in [0.25, 0.3) is 10.6 Å². The van der Waals surface area contributed by atoms with Gasteiger partial charge >= 0.3 is 0 Å². The molecule has 146 valence electrons. The van der Waals surface area contributed by atoms with Crippen LogP contribution >= 0.6 is 11.3 Å². The molecule has 3 heterocycles. The third kappa shape index (κ3) is 3.67. The Morgan fingerprint density at radius 1 is 1.11 bits per heavy atom. The minimum Gasteiger partial charge on any atom is -0.263 e. The molecule has 0 bridgehead atoms. The second kappa shape index (κ2) is 7.61. The van der Waals surface area contributed by atoms with E-state index in [0.717, 1.165) is 11.1 Å². The topological polar surface area (TPSA) is 76.1 Å². The van der Waals surface area contributed by atoms with Crippen LogP contribution < -0.4 is 0 Å². The average molecular weight is 422 g/mol. The van der Waals surface area contributed by atoms with E-state index in [1.807, 2.05) is 0 Å². The van der Waals surface area contributed by atoms with E-state index in [4.69, 9.17) is 0 Å². The fourth-order valence-electron chi connectivity index (χ4n) is 3.16. The lowest BCUT2D eigenvalue weighted by molar-refractivity contribution is 0.318. The molecule has 0 atom stereocenters. The third-order valence-electron chi connectivity index (χ3n) is 4.68. The molecule has 1 fully saturated rings. The number of aromatic nitrogens is 3. The number of benzene rings is 1. The summed E-state index contributed by atoms with van der Waals surface area (Å²) in [4.78, 5) is 4.05. The Balaban J connectivity index is 1.47. The molecule has 1 aliphatic rings. The number of hydrogen-bond acceptors (Lipinski definition) is 6. The summed E-state index contributed by atoms with van der Waals surface area (Å²) in [6, 6.07) is 6.47. The van der Waals surface area contributed by atoms with Gasteiger partial charge in [-0.1, -0.05) is 11.3 Å². The van der Waals surface area contributed by atoms with Crippen LogP contribution in [0.2, 0.25) is 0 Å². The van der Waals surface area contributed by atoms with Crippen molar-refractivity contribution in [2.75, 3.05) is 13.1 Å². The summed E-state index contributed by atoms with van der Waals surface area (Å²) in [5.41, 5.74) is 0.210. The van der Waals surface area contributed by atoms with E-state index in [0.29, 0.717) is 30.9 Å². The van der Waals surface area contributed by atoms with Gasteiger partial charge < -0.3 is 0 Å². The molecule has 0 unspecified atom stereocenters. The quantitative estimate of drug-likeness (QED) is 0.644. The fraction of sp³-hybridized carbons (Fsp3) is 0.278. The molecule has 0 N–H and O–H groups in total. The summed E-state index contributed by atoms with van der Waals surface area (Å²) in [5.74, 6) is -1.27. The van der Waals surface area contributed by atoms with Crippen molar-refractivity contribution < 1.29 is 17.2 Å². The number of sulfonamides is 1. The predicted octanol–water partition coefficient (Wildman–Crippen LogP) is 3.45. The fourth-order valence-corrected chi connectivity index (χ4v) is 5.64. The largest absolute Gasteiger partial charge is 0.263 e. The highest BCUT2D eigenvalue weighted by Gasteiger charge is 2.31. The molecule has 6 nitrogen and oxygen atoms in total. The number of pyridine rings is 1. The zero-order chi connectivity index (χ0) is 19.7. The van der Waals surface area contributed by atoms with Gasteiger partial charge in [-0.3, -0.25) is 4.98 Å². The van der Waals surface area contributed by atoms with E-state index in [-0.39, 0.29) is 16.4 Å². The van der Waals surface area contributed by atoms with Crippen molar-refractivity contribution in [3.63, 3.8) is 0 Å². The summed E-state index contributed by atoms with van der Waals surface area (Å²) >= 11 is 1.25. The maximum atomic E-state index is 14.0. The second-order valence-corrected chi connectivity index (χ2v) is 9.38. The Morgan fingerprint density at radius 3 is 2.57 bits per heavy atom. The lowest BCUT2D eigenvalue weighted by Crippen LogP contribution is -2.37. The van der Waals surface area contributed by atoms with Crippen molar-refractivity contribution in [3.05, 3.63) is 59.4 Å². The molecule has 0 saturated carbocycles. The van der Waals surface area contributed by atoms with Gasteiger partial charge in [0.2, 0.25) is 10.0 Å². The van der Waals surface area contributed by atoms with Crippen molar-refractivity contribution in [3.8, 4) is 10.6 Å². The maximum absolute atomic E-state index is 14.0. The molecule has 1 aromatic carbocycles. The summed E-state index contributed by atoms with van der Waals surface area (Å²) < 4.78 is 53.8. The molecule has 1 saturated heterocycles. The molecular weight excluding hydrogens is 406 g/mol. The van der Waals surface area contributed by atoms with Crippen LogP contribution in [0.3, 0.4) is 0 Å². The molecule has 3 aromatic rings. The molecule has 2 aromatic heterocycles. The minimum atomic E-state index is -3.56. The maximum Gasteiger partial charge on any atom is 0.244 e. The van der Waals surface area contributed by atoms with Crippen LogP contribution in [-0.2, 0) is 10.0 Å². The summed E-state index contributed by atoms with van der Waals surface area (Å²) in [6.45, 7) is 0.726. The lowest BCUT2D eigenvalue weighted by atomic mass is 9.99. The highest BCUT2D eigenvalue weighted by atomic mass is 32.2. The number of halogens is 2. The van der Waals surface area contributed by atoms with Gasteiger partial charge in [-0.05, 0) is 37.1 Å². The predicted molar refractivity (Wildman–Crippen MR) is 100 cm³/mol. The second-order valence-electron chi connectivity index (χ2n) is 6.44. The van der Waals surface area contributed by atoms with E-state index < -0.39 is 21.7 Å². The molecule has 4 rings (SSSR count). The van der Waals surface area contributed by atoms with Crippen molar-refractivity contribution >= 4 is 21.4 Å². The normalized spacial score (nSPS) is 16.4. The smallest absolute Gasteiger partial charge is 0.244 e. The standard InChI is InChI=1S/C18H16F2N4O2S2/c19-13-3-4-15(16(20)10-13)18-23-22-17(27-18)12-5-8-24(9-6-12)28(25,26)14-2-1-7-21-11-14/h1-4,7,10-12H,5-6,8-9H2. The van der Waals surface area contributed by atoms with Gasteiger partial charge in [0, 0.05) is 43.0 Å². The van der Waals surface area contributed by atoms with Gasteiger partial charge in [-0.25, -0.2) is 17.2 Å². The van der Waals surface area contributed by atoms with Crippen molar-refractivity contribution in [2.24, 2.45) is 0 Å². The average Bonchev–Trinajstić information content (AvgIpc) is 3.18. The molecule has 28 heavy (non-hydrogen) atoms.